The van der Waals surface area contributed by atoms with E-state index in [-0.39, 0.29) is 5.91 Å². The van der Waals surface area contributed by atoms with Crippen molar-refractivity contribution >= 4 is 23.5 Å². The van der Waals surface area contributed by atoms with Crippen LogP contribution >= 0.6 is 11.6 Å². The molecule has 5 nitrogen and oxygen atoms in total. The van der Waals surface area contributed by atoms with Gasteiger partial charge in [0.15, 0.2) is 0 Å². The molecule has 0 bridgehead atoms. The Balaban J connectivity index is 2.05. The number of carbonyl (C=O) groups is 2. The summed E-state index contributed by atoms with van der Waals surface area (Å²) in [6, 6.07) is 3.21. The normalized spacial score (nSPS) is 17.8. The van der Waals surface area contributed by atoms with Crippen LogP contribution in [0, 0.1) is 5.41 Å². The number of likely N-dealkylation sites (tertiary alicyclic amines) is 1. The smallest absolute Gasteiger partial charge is 0.309 e. The van der Waals surface area contributed by atoms with Crippen LogP contribution in [0.3, 0.4) is 0 Å². The number of hydrogen-bond acceptors (Lipinski definition) is 3. The zero-order valence-corrected chi connectivity index (χ0v) is 12.1. The second-order valence-corrected chi connectivity index (χ2v) is 5.49. The monoisotopic (exact) mass is 296 g/mol. The van der Waals surface area contributed by atoms with Gasteiger partial charge in [0.05, 0.1) is 11.0 Å². The number of hydrogen-bond donors (Lipinski definition) is 1. The van der Waals surface area contributed by atoms with Crippen LogP contribution < -0.4 is 0 Å². The summed E-state index contributed by atoms with van der Waals surface area (Å²) in [5.41, 5.74) is -0.205. The summed E-state index contributed by atoms with van der Waals surface area (Å²) < 4.78 is 0. The first-order valence-corrected chi connectivity index (χ1v) is 7.00. The van der Waals surface area contributed by atoms with Crippen LogP contribution in [-0.2, 0) is 4.79 Å². The molecule has 1 fully saturated rings. The minimum Gasteiger partial charge on any atom is -0.481 e. The Labute approximate surface area is 122 Å². The van der Waals surface area contributed by atoms with E-state index in [0.717, 1.165) is 0 Å². The highest BCUT2D eigenvalue weighted by molar-refractivity contribution is 6.29. The van der Waals surface area contributed by atoms with Crippen LogP contribution in [0.15, 0.2) is 18.3 Å². The van der Waals surface area contributed by atoms with Crippen molar-refractivity contribution in [2.45, 2.75) is 26.2 Å². The fourth-order valence-corrected chi connectivity index (χ4v) is 2.65. The molecule has 108 valence electrons. The van der Waals surface area contributed by atoms with Crippen LogP contribution in [-0.4, -0.2) is 40.0 Å². The standard InChI is InChI=1S/C14H17ClN2O3/c1-2-14(13(19)20)5-7-17(8-6-14)12(18)10-3-4-11(15)16-9-10/h3-4,9H,2,5-8H2,1H3,(H,19,20). The lowest BCUT2D eigenvalue weighted by Gasteiger charge is -2.38. The number of pyridine rings is 1. The second-order valence-electron chi connectivity index (χ2n) is 5.10. The number of aromatic nitrogens is 1. The highest BCUT2D eigenvalue weighted by Crippen LogP contribution is 2.35. The molecule has 20 heavy (non-hydrogen) atoms. The van der Waals surface area contributed by atoms with Gasteiger partial charge in [-0.15, -0.1) is 0 Å². The average Bonchev–Trinajstić information content (AvgIpc) is 2.47. The minimum atomic E-state index is -0.764. The molecule has 1 aliphatic heterocycles. The lowest BCUT2D eigenvalue weighted by Crippen LogP contribution is -2.46. The quantitative estimate of drug-likeness (QED) is 0.870. The molecule has 1 N–H and O–H groups in total. The van der Waals surface area contributed by atoms with Crippen molar-refractivity contribution in [1.82, 2.24) is 9.88 Å². The molecule has 1 saturated heterocycles. The molecule has 1 aromatic heterocycles. The number of carboxylic acids is 1. The van der Waals surface area contributed by atoms with Crippen molar-refractivity contribution in [3.8, 4) is 0 Å². The molecular weight excluding hydrogens is 280 g/mol. The van der Waals surface area contributed by atoms with E-state index in [1.54, 1.807) is 17.0 Å². The molecule has 0 radical (unpaired) electrons. The molecule has 1 aromatic rings. The van der Waals surface area contributed by atoms with E-state index < -0.39 is 11.4 Å². The number of carbonyl (C=O) groups excluding carboxylic acids is 1. The third-order valence-corrected chi connectivity index (χ3v) is 4.34. The topological polar surface area (TPSA) is 70.5 Å². The first-order chi connectivity index (χ1) is 9.48. The molecule has 0 aromatic carbocycles. The number of aliphatic carboxylic acids is 1. The van der Waals surface area contributed by atoms with E-state index in [0.29, 0.717) is 43.1 Å². The summed E-state index contributed by atoms with van der Waals surface area (Å²) in [6.07, 6.45) is 3.02. The van der Waals surface area contributed by atoms with Crippen LogP contribution in [0.4, 0.5) is 0 Å². The Morgan fingerprint density at radius 3 is 2.50 bits per heavy atom. The lowest BCUT2D eigenvalue weighted by molar-refractivity contribution is -0.152. The number of rotatable bonds is 3. The van der Waals surface area contributed by atoms with Crippen molar-refractivity contribution in [3.05, 3.63) is 29.0 Å². The van der Waals surface area contributed by atoms with Crippen molar-refractivity contribution in [1.29, 1.82) is 0 Å². The third-order valence-electron chi connectivity index (χ3n) is 4.11. The number of amides is 1. The first-order valence-electron chi connectivity index (χ1n) is 6.63. The molecular formula is C14H17ClN2O3. The maximum absolute atomic E-state index is 12.3. The molecule has 0 unspecified atom stereocenters. The molecule has 0 spiro atoms. The number of carboxylic acid groups (broad SMARTS) is 1. The van der Waals surface area contributed by atoms with E-state index in [2.05, 4.69) is 4.98 Å². The Hall–Kier alpha value is -1.62. The summed E-state index contributed by atoms with van der Waals surface area (Å²) in [7, 11) is 0. The predicted molar refractivity (Wildman–Crippen MR) is 74.7 cm³/mol. The van der Waals surface area contributed by atoms with Gasteiger partial charge in [-0.3, -0.25) is 9.59 Å². The van der Waals surface area contributed by atoms with Gasteiger partial charge in [0.1, 0.15) is 5.15 Å². The van der Waals surface area contributed by atoms with Crippen LogP contribution in [0.25, 0.3) is 0 Å². The van der Waals surface area contributed by atoms with Crippen LogP contribution in [0.5, 0.6) is 0 Å². The molecule has 6 heteroatoms. The average molecular weight is 297 g/mol. The highest BCUT2D eigenvalue weighted by atomic mass is 35.5. The first kappa shape index (κ1) is 14.8. The zero-order chi connectivity index (χ0) is 14.8. The number of nitrogens with zero attached hydrogens (tertiary/aromatic N) is 2. The summed E-state index contributed by atoms with van der Waals surface area (Å²) >= 11 is 5.69. The van der Waals surface area contributed by atoms with Gasteiger partial charge in [-0.05, 0) is 31.4 Å². The number of halogens is 1. The largest absolute Gasteiger partial charge is 0.481 e. The lowest BCUT2D eigenvalue weighted by atomic mass is 9.76. The Morgan fingerprint density at radius 1 is 1.40 bits per heavy atom. The Kier molecular flexibility index (Phi) is 4.28. The Morgan fingerprint density at radius 2 is 2.05 bits per heavy atom. The third kappa shape index (κ3) is 2.77. The molecule has 0 aliphatic carbocycles. The maximum atomic E-state index is 12.3. The van der Waals surface area contributed by atoms with E-state index in [9.17, 15) is 14.7 Å². The maximum Gasteiger partial charge on any atom is 0.309 e. The Bertz CT molecular complexity index is 508. The summed E-state index contributed by atoms with van der Waals surface area (Å²) in [5.74, 6) is -0.885. The molecule has 1 amide bonds. The highest BCUT2D eigenvalue weighted by Gasteiger charge is 2.40. The predicted octanol–water partition coefficient (Wildman–Crippen LogP) is 2.45. The van der Waals surface area contributed by atoms with Crippen LogP contribution in [0.1, 0.15) is 36.5 Å². The molecule has 0 saturated carbocycles. The van der Waals surface area contributed by atoms with Gasteiger partial charge < -0.3 is 10.0 Å². The van der Waals surface area contributed by atoms with E-state index in [1.807, 2.05) is 6.92 Å². The second kappa shape index (κ2) is 5.79. The summed E-state index contributed by atoms with van der Waals surface area (Å²) in [6.45, 7) is 2.80. The van der Waals surface area contributed by atoms with Crippen molar-refractivity contribution in [2.24, 2.45) is 5.41 Å². The molecule has 1 aliphatic rings. The van der Waals surface area contributed by atoms with Crippen LogP contribution in [0.2, 0.25) is 5.15 Å². The van der Waals surface area contributed by atoms with E-state index in [4.69, 9.17) is 11.6 Å². The van der Waals surface area contributed by atoms with Gasteiger partial charge in [0.25, 0.3) is 5.91 Å². The minimum absolute atomic E-state index is 0.121. The van der Waals surface area contributed by atoms with Gasteiger partial charge in [0.2, 0.25) is 0 Å². The van der Waals surface area contributed by atoms with Gasteiger partial charge in [-0.1, -0.05) is 18.5 Å². The fourth-order valence-electron chi connectivity index (χ4n) is 2.54. The SMILES string of the molecule is CCC1(C(=O)O)CCN(C(=O)c2ccc(Cl)nc2)CC1. The van der Waals surface area contributed by atoms with Gasteiger partial charge in [0, 0.05) is 19.3 Å². The summed E-state index contributed by atoms with van der Waals surface area (Å²) in [5, 5.41) is 9.68. The van der Waals surface area contributed by atoms with Gasteiger partial charge >= 0.3 is 5.97 Å². The van der Waals surface area contributed by atoms with Crippen molar-refractivity contribution in [2.75, 3.05) is 13.1 Å². The fraction of sp³-hybridized carbons (Fsp3) is 0.500. The zero-order valence-electron chi connectivity index (χ0n) is 11.3. The van der Waals surface area contributed by atoms with Crippen molar-refractivity contribution in [3.63, 3.8) is 0 Å². The van der Waals surface area contributed by atoms with E-state index >= 15 is 0 Å². The van der Waals surface area contributed by atoms with Gasteiger partial charge in [-0.2, -0.15) is 0 Å². The number of piperidine rings is 1. The van der Waals surface area contributed by atoms with Crippen molar-refractivity contribution < 1.29 is 14.7 Å². The molecule has 2 rings (SSSR count). The molecule has 2 heterocycles. The van der Waals surface area contributed by atoms with Gasteiger partial charge in [-0.25, -0.2) is 4.98 Å². The molecule has 0 atom stereocenters. The summed E-state index contributed by atoms with van der Waals surface area (Å²) in [4.78, 5) is 29.2. The van der Waals surface area contributed by atoms with E-state index in [1.165, 1.54) is 6.20 Å².